The van der Waals surface area contributed by atoms with E-state index in [0.29, 0.717) is 33.7 Å². The molecule has 160 valence electrons. The van der Waals surface area contributed by atoms with E-state index in [0.717, 1.165) is 43.0 Å². The number of nitrogens with zero attached hydrogens (tertiary/aromatic N) is 7. The maximum Gasteiger partial charge on any atom is 0.184 e. The van der Waals surface area contributed by atoms with Gasteiger partial charge in [-0.25, -0.2) is 19.3 Å². The number of nitrogens with one attached hydrogen (secondary N) is 2. The summed E-state index contributed by atoms with van der Waals surface area (Å²) in [7, 11) is 2.11. The van der Waals surface area contributed by atoms with Crippen molar-refractivity contribution < 1.29 is 4.39 Å². The molecular weight excluding hydrogens is 409 g/mol. The zero-order valence-electron chi connectivity index (χ0n) is 17.4. The van der Waals surface area contributed by atoms with Crippen molar-refractivity contribution in [3.63, 3.8) is 0 Å². The minimum atomic E-state index is -0.412. The van der Waals surface area contributed by atoms with Crippen LogP contribution >= 0.6 is 0 Å². The molecule has 1 aliphatic heterocycles. The minimum absolute atomic E-state index is 0.291. The molecule has 6 rings (SSSR count). The van der Waals surface area contributed by atoms with Crippen molar-refractivity contribution in [3.8, 4) is 22.6 Å². The summed E-state index contributed by atoms with van der Waals surface area (Å²) in [5.74, 6) is 0.913. The number of piperazine rings is 1. The van der Waals surface area contributed by atoms with Gasteiger partial charge in [0.15, 0.2) is 17.3 Å². The Morgan fingerprint density at radius 1 is 1.03 bits per heavy atom. The van der Waals surface area contributed by atoms with E-state index in [1.54, 1.807) is 30.7 Å². The van der Waals surface area contributed by atoms with Gasteiger partial charge in [0.2, 0.25) is 0 Å². The highest BCUT2D eigenvalue weighted by molar-refractivity contribution is 5.95. The quantitative estimate of drug-likeness (QED) is 0.455. The fourth-order valence-electron chi connectivity index (χ4n) is 4.13. The Morgan fingerprint density at radius 2 is 1.91 bits per heavy atom. The van der Waals surface area contributed by atoms with Crippen LogP contribution in [0, 0.1) is 5.82 Å². The molecule has 0 unspecified atom stereocenters. The molecule has 1 aliphatic rings. The number of halogens is 1. The number of H-pyrrole nitrogens is 2. The molecular formula is C22H20FN9. The summed E-state index contributed by atoms with van der Waals surface area (Å²) in [5, 5.41) is 7.40. The van der Waals surface area contributed by atoms with Gasteiger partial charge in [0.25, 0.3) is 0 Å². The van der Waals surface area contributed by atoms with Crippen LogP contribution in [0.5, 0.6) is 0 Å². The number of fused-ring (bicyclic) bond motifs is 2. The lowest BCUT2D eigenvalue weighted by molar-refractivity contribution is 0.312. The lowest BCUT2D eigenvalue weighted by Gasteiger charge is -2.33. The van der Waals surface area contributed by atoms with Crippen molar-refractivity contribution in [3.05, 3.63) is 48.8 Å². The van der Waals surface area contributed by atoms with Crippen LogP contribution in [0.4, 0.5) is 10.2 Å². The van der Waals surface area contributed by atoms with Gasteiger partial charge >= 0.3 is 0 Å². The number of aromatic amines is 2. The number of imidazole rings is 1. The fourth-order valence-corrected chi connectivity index (χ4v) is 4.13. The first-order chi connectivity index (χ1) is 15.7. The highest BCUT2D eigenvalue weighted by atomic mass is 19.1. The SMILES string of the molecule is CN1CCN(c2nccc3[nH]c(-c4[nH]nc5ncc(-c6cccnc6)c(F)c45)nc23)CC1. The molecule has 1 fully saturated rings. The van der Waals surface area contributed by atoms with Gasteiger partial charge in [-0.3, -0.25) is 10.1 Å². The third-order valence-electron chi connectivity index (χ3n) is 5.91. The summed E-state index contributed by atoms with van der Waals surface area (Å²) in [6.07, 6.45) is 6.51. The summed E-state index contributed by atoms with van der Waals surface area (Å²) in [5.41, 5.74) is 3.36. The molecule has 5 aromatic heterocycles. The second kappa shape index (κ2) is 7.34. The molecule has 2 N–H and O–H groups in total. The van der Waals surface area contributed by atoms with Crippen LogP contribution in [-0.2, 0) is 0 Å². The standard InChI is InChI=1S/C22H20FN9/c1-31-7-9-32(10-8-31)22-18-15(4-6-25-22)27-21(28-18)19-16-17(23)14(12-26-20(16)30-29-19)13-3-2-5-24-11-13/h2-6,11-12H,7-10H2,1H3,(H,27,28)(H,26,29,30). The maximum atomic E-state index is 15.6. The van der Waals surface area contributed by atoms with E-state index in [2.05, 4.69) is 47.0 Å². The van der Waals surface area contributed by atoms with Crippen molar-refractivity contribution in [1.82, 2.24) is 40.0 Å². The predicted molar refractivity (Wildman–Crippen MR) is 120 cm³/mol. The van der Waals surface area contributed by atoms with E-state index < -0.39 is 5.82 Å². The van der Waals surface area contributed by atoms with Crippen molar-refractivity contribution >= 4 is 27.9 Å². The highest BCUT2D eigenvalue weighted by Gasteiger charge is 2.23. The third-order valence-corrected chi connectivity index (χ3v) is 5.91. The van der Waals surface area contributed by atoms with Gasteiger partial charge in [-0.05, 0) is 19.2 Å². The molecule has 0 radical (unpaired) electrons. The van der Waals surface area contributed by atoms with Crippen LogP contribution in [-0.4, -0.2) is 73.2 Å². The average molecular weight is 429 g/mol. The van der Waals surface area contributed by atoms with Crippen molar-refractivity contribution in [2.24, 2.45) is 0 Å². The fraction of sp³-hybridized carbons (Fsp3) is 0.227. The van der Waals surface area contributed by atoms with Gasteiger partial charge in [-0.2, -0.15) is 5.10 Å². The van der Waals surface area contributed by atoms with Gasteiger partial charge in [0.1, 0.15) is 17.0 Å². The molecule has 0 spiro atoms. The van der Waals surface area contributed by atoms with Gasteiger partial charge < -0.3 is 14.8 Å². The van der Waals surface area contributed by atoms with E-state index >= 15 is 4.39 Å². The average Bonchev–Trinajstić information content (AvgIpc) is 3.45. The van der Waals surface area contributed by atoms with E-state index in [-0.39, 0.29) is 0 Å². The zero-order valence-corrected chi connectivity index (χ0v) is 17.4. The first kappa shape index (κ1) is 18.8. The van der Waals surface area contributed by atoms with Gasteiger partial charge in [0.05, 0.1) is 10.9 Å². The van der Waals surface area contributed by atoms with Crippen molar-refractivity contribution in [2.45, 2.75) is 0 Å². The first-order valence-electron chi connectivity index (χ1n) is 10.4. The molecule has 0 atom stereocenters. The van der Waals surface area contributed by atoms with Crippen LogP contribution < -0.4 is 4.90 Å². The second-order valence-corrected chi connectivity index (χ2v) is 7.93. The van der Waals surface area contributed by atoms with E-state index in [4.69, 9.17) is 4.98 Å². The summed E-state index contributed by atoms with van der Waals surface area (Å²) >= 11 is 0. The second-order valence-electron chi connectivity index (χ2n) is 7.93. The summed E-state index contributed by atoms with van der Waals surface area (Å²) in [4.78, 5) is 25.6. The lowest BCUT2D eigenvalue weighted by Crippen LogP contribution is -2.44. The Morgan fingerprint density at radius 3 is 2.72 bits per heavy atom. The van der Waals surface area contributed by atoms with Crippen molar-refractivity contribution in [2.75, 3.05) is 38.1 Å². The van der Waals surface area contributed by atoms with E-state index in [1.807, 2.05) is 6.07 Å². The molecule has 0 aromatic carbocycles. The third kappa shape index (κ3) is 2.99. The molecule has 5 aromatic rings. The number of aromatic nitrogens is 7. The zero-order chi connectivity index (χ0) is 21.7. The molecule has 1 saturated heterocycles. The number of likely N-dealkylation sites (N-methyl/N-ethyl adjacent to an activating group) is 1. The van der Waals surface area contributed by atoms with Gasteiger partial charge in [-0.15, -0.1) is 0 Å². The van der Waals surface area contributed by atoms with Crippen LogP contribution in [0.3, 0.4) is 0 Å². The van der Waals surface area contributed by atoms with Crippen LogP contribution in [0.2, 0.25) is 0 Å². The molecule has 10 heteroatoms. The largest absolute Gasteiger partial charge is 0.352 e. The Labute approximate surface area is 182 Å². The Balaban J connectivity index is 1.48. The van der Waals surface area contributed by atoms with Gasteiger partial charge in [-0.1, -0.05) is 6.07 Å². The number of rotatable bonds is 3. The molecule has 0 aliphatic carbocycles. The van der Waals surface area contributed by atoms with Gasteiger partial charge in [0, 0.05) is 62.1 Å². The molecule has 9 nitrogen and oxygen atoms in total. The molecule has 0 bridgehead atoms. The lowest BCUT2D eigenvalue weighted by atomic mass is 10.1. The summed E-state index contributed by atoms with van der Waals surface area (Å²) < 4.78 is 15.6. The molecule has 0 amide bonds. The smallest absolute Gasteiger partial charge is 0.184 e. The Hall–Kier alpha value is -3.92. The Bertz CT molecular complexity index is 1420. The normalized spacial score (nSPS) is 15.1. The number of hydrogen-bond acceptors (Lipinski definition) is 7. The van der Waals surface area contributed by atoms with E-state index in [9.17, 15) is 0 Å². The Kier molecular flexibility index (Phi) is 4.32. The minimum Gasteiger partial charge on any atom is -0.352 e. The molecule has 32 heavy (non-hydrogen) atoms. The maximum absolute atomic E-state index is 15.6. The van der Waals surface area contributed by atoms with Crippen LogP contribution in [0.15, 0.2) is 43.0 Å². The number of hydrogen-bond donors (Lipinski definition) is 2. The first-order valence-corrected chi connectivity index (χ1v) is 10.4. The monoisotopic (exact) mass is 429 g/mol. The molecule has 0 saturated carbocycles. The summed E-state index contributed by atoms with van der Waals surface area (Å²) in [6, 6.07) is 5.44. The van der Waals surface area contributed by atoms with Crippen LogP contribution in [0.25, 0.3) is 44.7 Å². The predicted octanol–water partition coefficient (Wildman–Crippen LogP) is 2.85. The number of anilines is 1. The number of pyridine rings is 3. The van der Waals surface area contributed by atoms with Crippen LogP contribution in [0.1, 0.15) is 0 Å². The topological polar surface area (TPSA) is 103 Å². The van der Waals surface area contributed by atoms with E-state index in [1.165, 1.54) is 6.20 Å². The highest BCUT2D eigenvalue weighted by Crippen LogP contribution is 2.33. The summed E-state index contributed by atoms with van der Waals surface area (Å²) in [6.45, 7) is 3.69. The molecule has 6 heterocycles. The van der Waals surface area contributed by atoms with Crippen molar-refractivity contribution in [1.29, 1.82) is 0 Å².